The fourth-order valence-corrected chi connectivity index (χ4v) is 5.86. The summed E-state index contributed by atoms with van der Waals surface area (Å²) in [6.45, 7) is 0. The predicted molar refractivity (Wildman–Crippen MR) is 161 cm³/mol. The van der Waals surface area contributed by atoms with Crippen LogP contribution in [0.2, 0.25) is 0 Å². The maximum absolute atomic E-state index is 9.14. The van der Waals surface area contributed by atoms with Gasteiger partial charge in [-0.1, -0.05) is 72.8 Å². The number of benzene rings is 5. The molecule has 0 saturated carbocycles. The molecule has 0 saturated heterocycles. The number of fused-ring (bicyclic) bond motifs is 6. The molecule has 0 fully saturated rings. The van der Waals surface area contributed by atoms with Gasteiger partial charge in [-0.05, 0) is 53.6 Å². The number of nitrogens with zero attached hydrogens (tertiary/aromatic N) is 3. The fraction of sp³-hybridized carbons (Fsp3) is 0. The molecule has 4 heteroatoms. The molecule has 40 heavy (non-hydrogen) atoms. The van der Waals surface area contributed by atoms with E-state index in [0.717, 1.165) is 60.9 Å². The first kappa shape index (κ1) is 22.3. The minimum absolute atomic E-state index is 0.412. The van der Waals surface area contributed by atoms with Crippen LogP contribution in [0.3, 0.4) is 0 Å². The van der Waals surface area contributed by atoms with Crippen LogP contribution in [0.15, 0.2) is 132 Å². The number of aromatic nitrogens is 2. The highest BCUT2D eigenvalue weighted by Crippen LogP contribution is 2.40. The molecule has 4 nitrogen and oxygen atoms in total. The standard InChI is InChI=1S/C36H21N3O/c37-21-26-17-16-25(22-38-26)23-8-7-9-24(18-23)27-10-1-4-13-32(27)39-33-14-5-2-11-28(33)30-19-31-29-12-3-6-15-35(29)40-36(31)20-34(30)39/h1-20,22H. The second kappa shape index (κ2) is 8.69. The summed E-state index contributed by atoms with van der Waals surface area (Å²) in [4.78, 5) is 4.27. The van der Waals surface area contributed by atoms with Gasteiger partial charge in [0.15, 0.2) is 0 Å². The number of hydrogen-bond acceptors (Lipinski definition) is 3. The molecule has 8 rings (SSSR count). The molecule has 0 amide bonds. The van der Waals surface area contributed by atoms with Gasteiger partial charge in [0.05, 0.1) is 16.7 Å². The number of pyridine rings is 1. The Labute approximate surface area is 230 Å². The third-order valence-corrected chi connectivity index (χ3v) is 7.70. The molecule has 186 valence electrons. The Morgan fingerprint density at radius 3 is 2.25 bits per heavy atom. The van der Waals surface area contributed by atoms with Crippen molar-refractivity contribution in [2.75, 3.05) is 0 Å². The summed E-state index contributed by atoms with van der Waals surface area (Å²) in [6, 6.07) is 44.1. The summed E-state index contributed by atoms with van der Waals surface area (Å²) in [5.41, 5.74) is 9.79. The van der Waals surface area contributed by atoms with Crippen molar-refractivity contribution in [2.24, 2.45) is 0 Å². The second-order valence-electron chi connectivity index (χ2n) is 9.96. The molecular formula is C36H21N3O. The Bertz CT molecular complexity index is 2280. The molecule has 0 unspecified atom stereocenters. The highest BCUT2D eigenvalue weighted by molar-refractivity contribution is 6.17. The van der Waals surface area contributed by atoms with Crippen molar-refractivity contribution < 1.29 is 4.42 Å². The number of nitriles is 1. The molecule has 3 aromatic heterocycles. The van der Waals surface area contributed by atoms with Crippen LogP contribution in [0.4, 0.5) is 0 Å². The molecule has 3 heterocycles. The first-order valence-corrected chi connectivity index (χ1v) is 13.2. The van der Waals surface area contributed by atoms with Crippen molar-refractivity contribution in [2.45, 2.75) is 0 Å². The average molecular weight is 512 g/mol. The number of rotatable bonds is 3. The molecule has 0 bridgehead atoms. The van der Waals surface area contributed by atoms with Gasteiger partial charge in [0.1, 0.15) is 22.9 Å². The van der Waals surface area contributed by atoms with E-state index in [2.05, 4.69) is 113 Å². The second-order valence-corrected chi connectivity index (χ2v) is 9.96. The Morgan fingerprint density at radius 2 is 1.38 bits per heavy atom. The summed E-state index contributed by atoms with van der Waals surface area (Å²) in [6.07, 6.45) is 1.76. The molecular weight excluding hydrogens is 490 g/mol. The van der Waals surface area contributed by atoms with Crippen LogP contribution in [0.5, 0.6) is 0 Å². The maximum Gasteiger partial charge on any atom is 0.140 e. The zero-order chi connectivity index (χ0) is 26.6. The molecule has 0 aliphatic heterocycles. The minimum Gasteiger partial charge on any atom is -0.456 e. The molecule has 5 aromatic carbocycles. The third-order valence-electron chi connectivity index (χ3n) is 7.70. The van der Waals surface area contributed by atoms with Crippen molar-refractivity contribution >= 4 is 43.7 Å². The van der Waals surface area contributed by atoms with Gasteiger partial charge >= 0.3 is 0 Å². The smallest absolute Gasteiger partial charge is 0.140 e. The van der Waals surface area contributed by atoms with Crippen LogP contribution in [0, 0.1) is 11.3 Å². The normalized spacial score (nSPS) is 11.5. The number of hydrogen-bond donors (Lipinski definition) is 0. The van der Waals surface area contributed by atoms with E-state index >= 15 is 0 Å². The summed E-state index contributed by atoms with van der Waals surface area (Å²) >= 11 is 0. The Balaban J connectivity index is 1.38. The lowest BCUT2D eigenvalue weighted by Gasteiger charge is -2.15. The summed E-state index contributed by atoms with van der Waals surface area (Å²) in [7, 11) is 0. The van der Waals surface area contributed by atoms with Crippen molar-refractivity contribution in [3.05, 3.63) is 133 Å². The van der Waals surface area contributed by atoms with Gasteiger partial charge < -0.3 is 8.98 Å². The van der Waals surface area contributed by atoms with Crippen LogP contribution in [0.1, 0.15) is 5.69 Å². The summed E-state index contributed by atoms with van der Waals surface area (Å²) < 4.78 is 8.65. The van der Waals surface area contributed by atoms with Crippen LogP contribution < -0.4 is 0 Å². The summed E-state index contributed by atoms with van der Waals surface area (Å²) in [5, 5.41) is 13.8. The SMILES string of the molecule is N#Cc1ccc(-c2cccc(-c3ccccc3-n3c4ccccc4c4cc5c(cc43)oc3ccccc35)c2)cn1. The van der Waals surface area contributed by atoms with E-state index in [4.69, 9.17) is 9.68 Å². The van der Waals surface area contributed by atoms with Gasteiger partial charge in [-0.2, -0.15) is 5.26 Å². The highest BCUT2D eigenvalue weighted by Gasteiger charge is 2.18. The van der Waals surface area contributed by atoms with Crippen LogP contribution in [-0.4, -0.2) is 9.55 Å². The molecule has 0 aliphatic rings. The van der Waals surface area contributed by atoms with Gasteiger partial charge in [0, 0.05) is 44.9 Å². The quantitative estimate of drug-likeness (QED) is 0.237. The van der Waals surface area contributed by atoms with Crippen molar-refractivity contribution in [1.29, 1.82) is 5.26 Å². The zero-order valence-corrected chi connectivity index (χ0v) is 21.4. The predicted octanol–water partition coefficient (Wildman–Crippen LogP) is 9.28. The highest BCUT2D eigenvalue weighted by atomic mass is 16.3. The topological polar surface area (TPSA) is 54.8 Å². The monoisotopic (exact) mass is 511 g/mol. The van der Waals surface area contributed by atoms with Crippen LogP contribution in [0.25, 0.3) is 71.7 Å². The fourth-order valence-electron chi connectivity index (χ4n) is 5.86. The van der Waals surface area contributed by atoms with Crippen molar-refractivity contribution in [1.82, 2.24) is 9.55 Å². The van der Waals surface area contributed by atoms with Crippen LogP contribution in [-0.2, 0) is 0 Å². The Kier molecular flexibility index (Phi) is 4.85. The Hall–Kier alpha value is -5.66. The lowest BCUT2D eigenvalue weighted by atomic mass is 9.98. The molecule has 0 atom stereocenters. The van der Waals surface area contributed by atoms with E-state index < -0.39 is 0 Å². The lowest BCUT2D eigenvalue weighted by molar-refractivity contribution is 0.669. The minimum atomic E-state index is 0.412. The van der Waals surface area contributed by atoms with E-state index in [9.17, 15) is 0 Å². The van der Waals surface area contributed by atoms with E-state index in [1.165, 1.54) is 10.8 Å². The van der Waals surface area contributed by atoms with Crippen LogP contribution >= 0.6 is 0 Å². The first-order chi connectivity index (χ1) is 19.8. The largest absolute Gasteiger partial charge is 0.456 e. The summed E-state index contributed by atoms with van der Waals surface area (Å²) in [5.74, 6) is 0. The van der Waals surface area contributed by atoms with Crippen molar-refractivity contribution in [3.8, 4) is 34.0 Å². The van der Waals surface area contributed by atoms with E-state index in [-0.39, 0.29) is 0 Å². The molecule has 0 N–H and O–H groups in total. The Morgan fingerprint density at radius 1 is 0.575 bits per heavy atom. The van der Waals surface area contributed by atoms with Gasteiger partial charge in [-0.3, -0.25) is 0 Å². The van der Waals surface area contributed by atoms with E-state index in [1.54, 1.807) is 12.3 Å². The maximum atomic E-state index is 9.14. The van der Waals surface area contributed by atoms with Gasteiger partial charge in [-0.25, -0.2) is 4.98 Å². The molecule has 0 radical (unpaired) electrons. The van der Waals surface area contributed by atoms with E-state index in [0.29, 0.717) is 5.69 Å². The van der Waals surface area contributed by atoms with Crippen molar-refractivity contribution in [3.63, 3.8) is 0 Å². The van der Waals surface area contributed by atoms with Gasteiger partial charge in [-0.15, -0.1) is 0 Å². The van der Waals surface area contributed by atoms with E-state index in [1.807, 2.05) is 18.2 Å². The van der Waals surface area contributed by atoms with Gasteiger partial charge in [0.25, 0.3) is 0 Å². The number of furan rings is 1. The number of para-hydroxylation sites is 3. The lowest BCUT2D eigenvalue weighted by Crippen LogP contribution is -1.97. The molecule has 0 spiro atoms. The first-order valence-electron chi connectivity index (χ1n) is 13.2. The zero-order valence-electron chi connectivity index (χ0n) is 21.4. The van der Waals surface area contributed by atoms with Gasteiger partial charge in [0.2, 0.25) is 0 Å². The molecule has 0 aliphatic carbocycles. The third kappa shape index (κ3) is 3.35. The molecule has 8 aromatic rings. The average Bonchev–Trinajstić information content (AvgIpc) is 3.55.